The summed E-state index contributed by atoms with van der Waals surface area (Å²) in [4.78, 5) is 16.9. The van der Waals surface area contributed by atoms with Gasteiger partial charge in [0.05, 0.1) is 22.5 Å². The van der Waals surface area contributed by atoms with Crippen LogP contribution in [-0.2, 0) is 21.3 Å². The first-order valence-electron chi connectivity index (χ1n) is 10.9. The zero-order valence-corrected chi connectivity index (χ0v) is 22.2. The second kappa shape index (κ2) is 9.86. The van der Waals surface area contributed by atoms with Crippen LogP contribution in [0.15, 0.2) is 51.4 Å². The lowest BCUT2D eigenvalue weighted by molar-refractivity contribution is -0.0429. The van der Waals surface area contributed by atoms with Gasteiger partial charge < -0.3 is 13.7 Å². The molecule has 0 saturated carbocycles. The molecule has 0 aliphatic rings. The van der Waals surface area contributed by atoms with Crippen LogP contribution < -0.4 is 4.72 Å². The van der Waals surface area contributed by atoms with Crippen molar-refractivity contribution in [3.05, 3.63) is 69.7 Å². The number of sulfonamides is 1. The molecule has 0 radical (unpaired) electrons. The molecule has 196 valence electrons. The molecule has 1 N–H and O–H groups in total. The Balaban J connectivity index is 1.74. The van der Waals surface area contributed by atoms with E-state index < -0.39 is 21.5 Å². The van der Waals surface area contributed by atoms with Gasteiger partial charge in [-0.3, -0.25) is 4.72 Å². The molecule has 0 bridgehead atoms. The van der Waals surface area contributed by atoms with Crippen molar-refractivity contribution >= 4 is 48.6 Å². The first-order valence-corrected chi connectivity index (χ1v) is 13.2. The van der Waals surface area contributed by atoms with E-state index in [4.69, 9.17) is 9.15 Å². The van der Waals surface area contributed by atoms with Gasteiger partial charge in [0.25, 0.3) is 0 Å². The Labute approximate surface area is 218 Å². The fraction of sp³-hybridized carbons (Fsp3) is 0.250. The molecule has 4 aromatic rings. The van der Waals surface area contributed by atoms with Gasteiger partial charge in [0, 0.05) is 17.5 Å². The molecule has 0 saturated heterocycles. The highest BCUT2D eigenvalue weighted by molar-refractivity contribution is 9.10. The van der Waals surface area contributed by atoms with E-state index in [1.54, 1.807) is 54.3 Å². The maximum atomic E-state index is 13.0. The molecule has 2 aromatic heterocycles. The number of carbonyl (C=O) groups is 1. The first-order chi connectivity index (χ1) is 17.3. The van der Waals surface area contributed by atoms with Gasteiger partial charge in [-0.05, 0) is 66.5 Å². The number of para-hydroxylation sites is 1. The zero-order chi connectivity index (χ0) is 27.1. The van der Waals surface area contributed by atoms with Crippen molar-refractivity contribution in [3.63, 3.8) is 0 Å². The summed E-state index contributed by atoms with van der Waals surface area (Å²) in [6.45, 7) is 5.74. The Morgan fingerprint density at radius 1 is 1.19 bits per heavy atom. The predicted octanol–water partition coefficient (Wildman–Crippen LogP) is 6.16. The molecule has 0 aliphatic carbocycles. The number of imidazole rings is 1. The largest absolute Gasteiger partial charge is 0.516 e. The van der Waals surface area contributed by atoms with Crippen molar-refractivity contribution in [2.45, 2.75) is 32.8 Å². The number of nitrogens with zero attached hydrogens (tertiary/aromatic N) is 2. The molecule has 0 fully saturated rings. The van der Waals surface area contributed by atoms with E-state index in [1.807, 2.05) is 0 Å². The number of nitrogens with one attached hydrogen (secondary N) is 1. The number of alkyl halides is 3. The van der Waals surface area contributed by atoms with Gasteiger partial charge in [-0.2, -0.15) is 21.6 Å². The van der Waals surface area contributed by atoms with Gasteiger partial charge in [-0.15, -0.1) is 0 Å². The summed E-state index contributed by atoms with van der Waals surface area (Å²) in [5, 5.41) is 0.605. The average molecular weight is 600 g/mol. The molecule has 0 atom stereocenters. The molecule has 4 rings (SSSR count). The van der Waals surface area contributed by atoms with Gasteiger partial charge in [-0.1, -0.05) is 18.2 Å². The number of ether oxygens (including phenoxy) is 1. The minimum Gasteiger partial charge on any atom is -0.461 e. The molecule has 0 spiro atoms. The SMILES string of the molecule is CCOC(=O)c1c(C)nc(C)n1Cc1ccc2oc(-c3ccccc3NS(=O)(=O)C(F)(F)F)c(Br)c2c1. The molecule has 13 heteroatoms. The van der Waals surface area contributed by atoms with E-state index in [2.05, 4.69) is 20.9 Å². The lowest BCUT2D eigenvalue weighted by Crippen LogP contribution is -2.30. The van der Waals surface area contributed by atoms with Crippen molar-refractivity contribution in [1.82, 2.24) is 9.55 Å². The van der Waals surface area contributed by atoms with Crippen molar-refractivity contribution in [2.75, 3.05) is 11.3 Å². The smallest absolute Gasteiger partial charge is 0.461 e. The third kappa shape index (κ3) is 5.10. The van der Waals surface area contributed by atoms with Crippen LogP contribution in [0.5, 0.6) is 0 Å². The van der Waals surface area contributed by atoms with E-state index in [9.17, 15) is 26.4 Å². The summed E-state index contributed by atoms with van der Waals surface area (Å²) in [5.74, 6) is 0.291. The number of benzene rings is 2. The normalized spacial score (nSPS) is 12.2. The Hall–Kier alpha value is -3.32. The summed E-state index contributed by atoms with van der Waals surface area (Å²) in [7, 11) is -5.64. The van der Waals surface area contributed by atoms with Gasteiger partial charge in [0.1, 0.15) is 11.4 Å². The predicted molar refractivity (Wildman–Crippen MR) is 135 cm³/mol. The third-order valence-corrected chi connectivity index (χ3v) is 7.44. The van der Waals surface area contributed by atoms with Crippen LogP contribution in [0, 0.1) is 13.8 Å². The van der Waals surface area contributed by atoms with E-state index in [-0.39, 0.29) is 23.6 Å². The number of aryl methyl sites for hydroxylation is 2. The molecule has 0 unspecified atom stereocenters. The van der Waals surface area contributed by atoms with Crippen LogP contribution in [-0.4, -0.2) is 36.1 Å². The number of anilines is 1. The number of esters is 1. The molecular weight excluding hydrogens is 579 g/mol. The molecule has 2 aromatic carbocycles. The summed E-state index contributed by atoms with van der Waals surface area (Å²) in [6.07, 6.45) is 0. The Morgan fingerprint density at radius 2 is 1.89 bits per heavy atom. The Kier molecular flexibility index (Phi) is 7.12. The van der Waals surface area contributed by atoms with E-state index >= 15 is 0 Å². The summed E-state index contributed by atoms with van der Waals surface area (Å²) >= 11 is 3.45. The summed E-state index contributed by atoms with van der Waals surface area (Å²) in [5.41, 5.74) is -3.55. The van der Waals surface area contributed by atoms with Gasteiger partial charge in [0.15, 0.2) is 11.5 Å². The molecule has 0 amide bonds. The van der Waals surface area contributed by atoms with Crippen LogP contribution in [0.4, 0.5) is 18.9 Å². The Morgan fingerprint density at radius 3 is 2.57 bits per heavy atom. The highest BCUT2D eigenvalue weighted by Crippen LogP contribution is 2.42. The minimum atomic E-state index is -5.64. The van der Waals surface area contributed by atoms with Gasteiger partial charge in [0.2, 0.25) is 0 Å². The number of furan rings is 1. The number of halogens is 4. The number of carbonyl (C=O) groups excluding carboxylic acids is 1. The number of hydrogen-bond donors (Lipinski definition) is 1. The first kappa shape index (κ1) is 26.7. The van der Waals surface area contributed by atoms with Crippen molar-refractivity contribution in [1.29, 1.82) is 0 Å². The van der Waals surface area contributed by atoms with Gasteiger partial charge in [-0.25, -0.2) is 9.78 Å². The van der Waals surface area contributed by atoms with Crippen LogP contribution in [0.3, 0.4) is 0 Å². The highest BCUT2D eigenvalue weighted by atomic mass is 79.9. The van der Waals surface area contributed by atoms with Crippen molar-refractivity contribution in [2.24, 2.45) is 0 Å². The molecule has 8 nitrogen and oxygen atoms in total. The maximum Gasteiger partial charge on any atom is 0.516 e. The number of fused-ring (bicyclic) bond motifs is 1. The fourth-order valence-corrected chi connectivity index (χ4v) is 5.09. The average Bonchev–Trinajstić information content (AvgIpc) is 3.28. The number of aromatic nitrogens is 2. The third-order valence-electron chi connectivity index (χ3n) is 5.55. The lowest BCUT2D eigenvalue weighted by Gasteiger charge is -2.13. The van der Waals surface area contributed by atoms with E-state index in [0.29, 0.717) is 39.2 Å². The van der Waals surface area contributed by atoms with Crippen LogP contribution in [0.1, 0.15) is 34.5 Å². The Bertz CT molecular complexity index is 1610. The monoisotopic (exact) mass is 599 g/mol. The molecular formula is C24H21BrF3N3O5S. The van der Waals surface area contributed by atoms with Crippen molar-refractivity contribution in [3.8, 4) is 11.3 Å². The van der Waals surface area contributed by atoms with Crippen LogP contribution in [0.25, 0.3) is 22.3 Å². The topological polar surface area (TPSA) is 103 Å². The number of hydrogen-bond acceptors (Lipinski definition) is 6. The number of rotatable bonds is 7. The summed E-state index contributed by atoms with van der Waals surface area (Å²) < 4.78 is 77.1. The molecule has 0 aliphatic heterocycles. The zero-order valence-electron chi connectivity index (χ0n) is 19.8. The quantitative estimate of drug-likeness (QED) is 0.255. The highest BCUT2D eigenvalue weighted by Gasteiger charge is 2.46. The van der Waals surface area contributed by atoms with Gasteiger partial charge >= 0.3 is 21.5 Å². The van der Waals surface area contributed by atoms with Crippen LogP contribution >= 0.6 is 15.9 Å². The van der Waals surface area contributed by atoms with Crippen molar-refractivity contribution < 1.29 is 35.5 Å². The molecule has 2 heterocycles. The fourth-order valence-electron chi connectivity index (χ4n) is 3.91. The van der Waals surface area contributed by atoms with Crippen LogP contribution in [0.2, 0.25) is 0 Å². The molecule has 37 heavy (non-hydrogen) atoms. The second-order valence-electron chi connectivity index (χ2n) is 8.07. The summed E-state index contributed by atoms with van der Waals surface area (Å²) in [6, 6.07) is 10.9. The standard InChI is InChI=1S/C24H21BrF3N3O5S/c1-4-35-23(32)21-13(2)29-14(3)31(21)12-15-9-10-19-17(11-15)20(25)22(36-19)16-7-5-6-8-18(16)30-37(33,34)24(26,27)28/h5-11,30H,4,12H2,1-3H3. The minimum absolute atomic E-state index is 0.116. The maximum absolute atomic E-state index is 13.0. The van der Waals surface area contributed by atoms with E-state index in [0.717, 1.165) is 5.56 Å². The van der Waals surface area contributed by atoms with E-state index in [1.165, 1.54) is 18.2 Å². The second-order valence-corrected chi connectivity index (χ2v) is 10.5. The lowest BCUT2D eigenvalue weighted by atomic mass is 10.1.